The Bertz CT molecular complexity index is 421. The van der Waals surface area contributed by atoms with E-state index in [4.69, 9.17) is 0 Å². The average molecular weight is 274 g/mol. The molecule has 1 aliphatic rings. The molecule has 3 nitrogen and oxygen atoms in total. The van der Waals surface area contributed by atoms with Crippen LogP contribution in [0.3, 0.4) is 0 Å². The van der Waals surface area contributed by atoms with Gasteiger partial charge in [-0.3, -0.25) is 4.79 Å². The van der Waals surface area contributed by atoms with E-state index >= 15 is 0 Å². The molecule has 3 heteroatoms. The first kappa shape index (κ1) is 14.9. The molecule has 110 valence electrons. The summed E-state index contributed by atoms with van der Waals surface area (Å²) in [5.41, 5.74) is 2.56. The van der Waals surface area contributed by atoms with Gasteiger partial charge in [0.15, 0.2) is 0 Å². The van der Waals surface area contributed by atoms with Gasteiger partial charge in [0, 0.05) is 31.2 Å². The average Bonchev–Trinajstić information content (AvgIpc) is 2.99. The van der Waals surface area contributed by atoms with Gasteiger partial charge in [-0.05, 0) is 50.3 Å². The minimum absolute atomic E-state index is 0.156. The van der Waals surface area contributed by atoms with Gasteiger partial charge in [-0.2, -0.15) is 0 Å². The van der Waals surface area contributed by atoms with E-state index in [1.54, 1.807) is 0 Å². The fourth-order valence-corrected chi connectivity index (χ4v) is 2.56. The fraction of sp³-hybridized carbons (Fsp3) is 0.588. The molecule has 0 aromatic heterocycles. The zero-order chi connectivity index (χ0) is 14.4. The van der Waals surface area contributed by atoms with E-state index in [1.165, 1.54) is 37.2 Å². The normalized spacial score (nSPS) is 16.2. The van der Waals surface area contributed by atoms with Gasteiger partial charge in [0.1, 0.15) is 0 Å². The highest BCUT2D eigenvalue weighted by atomic mass is 16.1. The van der Waals surface area contributed by atoms with E-state index in [1.807, 2.05) is 6.92 Å². The lowest BCUT2D eigenvalue weighted by molar-refractivity contribution is -0.121. The minimum atomic E-state index is 0.156. The molecule has 1 aliphatic heterocycles. The van der Waals surface area contributed by atoms with Crippen molar-refractivity contribution in [2.75, 3.05) is 18.0 Å². The van der Waals surface area contributed by atoms with E-state index in [0.29, 0.717) is 6.42 Å². The summed E-state index contributed by atoms with van der Waals surface area (Å²) < 4.78 is 0. The molecule has 1 atom stereocenters. The van der Waals surface area contributed by atoms with Crippen molar-refractivity contribution in [3.8, 4) is 0 Å². The van der Waals surface area contributed by atoms with Crippen molar-refractivity contribution in [1.82, 2.24) is 5.32 Å². The molecule has 0 saturated carbocycles. The minimum Gasteiger partial charge on any atom is -0.372 e. The van der Waals surface area contributed by atoms with Gasteiger partial charge in [-0.1, -0.05) is 19.1 Å². The monoisotopic (exact) mass is 274 g/mol. The quantitative estimate of drug-likeness (QED) is 0.864. The molecule has 1 saturated heterocycles. The Hall–Kier alpha value is -1.51. The first-order chi connectivity index (χ1) is 9.69. The van der Waals surface area contributed by atoms with Gasteiger partial charge in [0.05, 0.1) is 0 Å². The Morgan fingerprint density at radius 2 is 1.90 bits per heavy atom. The number of hydrogen-bond acceptors (Lipinski definition) is 2. The molecule has 0 radical (unpaired) electrons. The van der Waals surface area contributed by atoms with Crippen LogP contribution in [0.25, 0.3) is 0 Å². The molecular formula is C17H26N2O. The molecular weight excluding hydrogens is 248 g/mol. The third-order valence-electron chi connectivity index (χ3n) is 4.07. The van der Waals surface area contributed by atoms with Crippen molar-refractivity contribution in [3.05, 3.63) is 29.8 Å². The molecule has 1 aromatic rings. The van der Waals surface area contributed by atoms with Crippen LogP contribution < -0.4 is 10.2 Å². The molecule has 1 unspecified atom stereocenters. The zero-order valence-electron chi connectivity index (χ0n) is 12.7. The molecule has 0 aliphatic carbocycles. The Kier molecular flexibility index (Phi) is 5.45. The number of carbonyl (C=O) groups is 1. The summed E-state index contributed by atoms with van der Waals surface area (Å²) >= 11 is 0. The molecule has 0 bridgehead atoms. The van der Waals surface area contributed by atoms with Crippen molar-refractivity contribution in [3.63, 3.8) is 0 Å². The summed E-state index contributed by atoms with van der Waals surface area (Å²) in [5, 5.41) is 3.01. The van der Waals surface area contributed by atoms with Gasteiger partial charge in [-0.25, -0.2) is 0 Å². The van der Waals surface area contributed by atoms with Crippen LogP contribution >= 0.6 is 0 Å². The predicted octanol–water partition coefficient (Wildman–Crippen LogP) is 3.13. The SMILES string of the molecule is CCC(C)NC(=O)CCc1ccc(N2CCCC2)cc1. The topological polar surface area (TPSA) is 32.3 Å². The Balaban J connectivity index is 1.80. The van der Waals surface area contributed by atoms with Crippen molar-refractivity contribution in [2.45, 2.75) is 52.0 Å². The van der Waals surface area contributed by atoms with Crippen LogP contribution in [0.2, 0.25) is 0 Å². The smallest absolute Gasteiger partial charge is 0.220 e. The molecule has 1 fully saturated rings. The van der Waals surface area contributed by atoms with Gasteiger partial charge in [-0.15, -0.1) is 0 Å². The van der Waals surface area contributed by atoms with Crippen molar-refractivity contribution >= 4 is 11.6 Å². The van der Waals surface area contributed by atoms with E-state index in [9.17, 15) is 4.79 Å². The van der Waals surface area contributed by atoms with Gasteiger partial charge >= 0.3 is 0 Å². The van der Waals surface area contributed by atoms with Crippen LogP contribution in [0, 0.1) is 0 Å². The van der Waals surface area contributed by atoms with Gasteiger partial charge < -0.3 is 10.2 Å². The Morgan fingerprint density at radius 3 is 2.50 bits per heavy atom. The van der Waals surface area contributed by atoms with Crippen LogP contribution in [-0.4, -0.2) is 25.0 Å². The standard InChI is InChI=1S/C17H26N2O/c1-3-14(2)18-17(20)11-8-15-6-9-16(10-7-15)19-12-4-5-13-19/h6-7,9-10,14H,3-5,8,11-13H2,1-2H3,(H,18,20). The molecule has 1 heterocycles. The number of nitrogens with one attached hydrogen (secondary N) is 1. The number of amides is 1. The summed E-state index contributed by atoms with van der Waals surface area (Å²) in [7, 11) is 0. The first-order valence-corrected chi connectivity index (χ1v) is 7.82. The number of nitrogens with zero attached hydrogens (tertiary/aromatic N) is 1. The first-order valence-electron chi connectivity index (χ1n) is 7.82. The van der Waals surface area contributed by atoms with Crippen LogP contribution in [0.4, 0.5) is 5.69 Å². The predicted molar refractivity (Wildman–Crippen MR) is 84.1 cm³/mol. The second-order valence-electron chi connectivity index (χ2n) is 5.74. The van der Waals surface area contributed by atoms with Crippen LogP contribution in [-0.2, 0) is 11.2 Å². The summed E-state index contributed by atoms with van der Waals surface area (Å²) in [5.74, 6) is 0.156. The maximum atomic E-state index is 11.7. The highest BCUT2D eigenvalue weighted by Gasteiger charge is 2.12. The maximum absolute atomic E-state index is 11.7. The molecule has 1 aromatic carbocycles. The molecule has 1 amide bonds. The second kappa shape index (κ2) is 7.32. The summed E-state index contributed by atoms with van der Waals surface area (Å²) in [6, 6.07) is 8.97. The number of anilines is 1. The maximum Gasteiger partial charge on any atom is 0.220 e. The van der Waals surface area contributed by atoms with E-state index in [2.05, 4.69) is 41.4 Å². The lowest BCUT2D eigenvalue weighted by Crippen LogP contribution is -2.32. The molecule has 20 heavy (non-hydrogen) atoms. The third-order valence-corrected chi connectivity index (χ3v) is 4.07. The Morgan fingerprint density at radius 1 is 1.25 bits per heavy atom. The number of carbonyl (C=O) groups excluding carboxylic acids is 1. The van der Waals surface area contributed by atoms with Crippen molar-refractivity contribution in [1.29, 1.82) is 0 Å². The van der Waals surface area contributed by atoms with Crippen molar-refractivity contribution in [2.24, 2.45) is 0 Å². The Labute approximate surface area is 122 Å². The number of hydrogen-bond donors (Lipinski definition) is 1. The summed E-state index contributed by atoms with van der Waals surface area (Å²) in [6.07, 6.45) is 4.99. The number of benzene rings is 1. The molecule has 2 rings (SSSR count). The number of rotatable bonds is 6. The lowest BCUT2D eigenvalue weighted by Gasteiger charge is -2.17. The second-order valence-corrected chi connectivity index (χ2v) is 5.74. The molecule has 1 N–H and O–H groups in total. The van der Waals surface area contributed by atoms with E-state index in [0.717, 1.165) is 12.8 Å². The van der Waals surface area contributed by atoms with Crippen molar-refractivity contribution < 1.29 is 4.79 Å². The van der Waals surface area contributed by atoms with E-state index in [-0.39, 0.29) is 11.9 Å². The molecule has 0 spiro atoms. The lowest BCUT2D eigenvalue weighted by atomic mass is 10.1. The van der Waals surface area contributed by atoms with Gasteiger partial charge in [0.25, 0.3) is 0 Å². The zero-order valence-corrected chi connectivity index (χ0v) is 12.7. The van der Waals surface area contributed by atoms with Gasteiger partial charge in [0.2, 0.25) is 5.91 Å². The third kappa shape index (κ3) is 4.26. The highest BCUT2D eigenvalue weighted by Crippen LogP contribution is 2.20. The summed E-state index contributed by atoms with van der Waals surface area (Å²) in [4.78, 5) is 14.2. The van der Waals surface area contributed by atoms with Crippen LogP contribution in [0.5, 0.6) is 0 Å². The van der Waals surface area contributed by atoms with Crippen LogP contribution in [0.15, 0.2) is 24.3 Å². The fourth-order valence-electron chi connectivity index (χ4n) is 2.56. The van der Waals surface area contributed by atoms with Crippen LogP contribution in [0.1, 0.15) is 45.1 Å². The largest absolute Gasteiger partial charge is 0.372 e. The number of aryl methyl sites for hydroxylation is 1. The van der Waals surface area contributed by atoms with E-state index < -0.39 is 0 Å². The highest BCUT2D eigenvalue weighted by molar-refractivity contribution is 5.76. The summed E-state index contributed by atoms with van der Waals surface area (Å²) in [6.45, 7) is 6.48.